The van der Waals surface area contributed by atoms with Gasteiger partial charge < -0.3 is 18.9 Å². The van der Waals surface area contributed by atoms with Crippen molar-refractivity contribution in [1.82, 2.24) is 9.47 Å². The van der Waals surface area contributed by atoms with Gasteiger partial charge in [-0.3, -0.25) is 9.59 Å². The van der Waals surface area contributed by atoms with E-state index in [4.69, 9.17) is 9.47 Å². The minimum atomic E-state index is -3.97. The fourth-order valence-corrected chi connectivity index (χ4v) is 6.09. The van der Waals surface area contributed by atoms with Crippen LogP contribution in [0.2, 0.25) is 0 Å². The quantitative estimate of drug-likeness (QED) is 0.488. The van der Waals surface area contributed by atoms with Gasteiger partial charge in [0, 0.05) is 26.7 Å². The van der Waals surface area contributed by atoms with E-state index < -0.39 is 39.1 Å². The maximum absolute atomic E-state index is 12.6. The van der Waals surface area contributed by atoms with E-state index in [0.29, 0.717) is 42.4 Å². The lowest BCUT2D eigenvalue weighted by Gasteiger charge is -2.30. The number of methoxy groups -OCH3 is 2. The zero-order valence-corrected chi connectivity index (χ0v) is 21.1. The number of fused-ring (bicyclic) bond motifs is 1. The van der Waals surface area contributed by atoms with Gasteiger partial charge in [0.25, 0.3) is 5.91 Å². The zero-order chi connectivity index (χ0) is 24.9. The summed E-state index contributed by atoms with van der Waals surface area (Å²) in [7, 11) is -1.14. The second-order valence-corrected chi connectivity index (χ2v) is 11.4. The van der Waals surface area contributed by atoms with Gasteiger partial charge in [0.05, 0.1) is 29.5 Å². The molecule has 0 N–H and O–H groups in total. The van der Waals surface area contributed by atoms with Crippen LogP contribution in [0.25, 0.3) is 10.2 Å². The van der Waals surface area contributed by atoms with E-state index in [1.54, 1.807) is 34.8 Å². The standard InChI is InChI=1S/C22H29N3O7S2/c1-15-5-4-8-24(12-15)20(27)14-34(29,30)13-19(26)23-22-25(9-10-31-2)17-7-6-16(21(28)32-3)11-18(17)33-22/h6-7,11,15H,4-5,8-10,12-14H2,1-3H3. The first-order valence-electron chi connectivity index (χ1n) is 10.9. The molecular weight excluding hydrogens is 482 g/mol. The Morgan fingerprint density at radius 2 is 1.97 bits per heavy atom. The van der Waals surface area contributed by atoms with Crippen molar-refractivity contribution in [2.45, 2.75) is 26.3 Å². The SMILES string of the molecule is COCCn1c(=NC(=O)CS(=O)(=O)CC(=O)N2CCCC(C)C2)sc2cc(C(=O)OC)ccc21. The van der Waals surface area contributed by atoms with Crippen molar-refractivity contribution in [1.29, 1.82) is 0 Å². The average Bonchev–Trinajstić information content (AvgIpc) is 3.11. The molecule has 0 spiro atoms. The highest BCUT2D eigenvalue weighted by atomic mass is 32.2. The predicted molar refractivity (Wildman–Crippen MR) is 127 cm³/mol. The highest BCUT2D eigenvalue weighted by molar-refractivity contribution is 7.92. The third kappa shape index (κ3) is 6.51. The second kappa shape index (κ2) is 11.2. The minimum absolute atomic E-state index is 0.283. The van der Waals surface area contributed by atoms with Crippen LogP contribution in [0.15, 0.2) is 23.2 Å². The Labute approximate surface area is 202 Å². The number of piperidine rings is 1. The summed E-state index contributed by atoms with van der Waals surface area (Å²) in [5.74, 6) is -3.06. The van der Waals surface area contributed by atoms with Crippen LogP contribution in [0, 0.1) is 5.92 Å². The molecule has 3 rings (SSSR count). The van der Waals surface area contributed by atoms with E-state index in [9.17, 15) is 22.8 Å². The molecule has 1 unspecified atom stereocenters. The molecule has 0 bridgehead atoms. The van der Waals surface area contributed by atoms with Gasteiger partial charge in [-0.1, -0.05) is 18.3 Å². The van der Waals surface area contributed by atoms with E-state index in [1.165, 1.54) is 7.11 Å². The first kappa shape index (κ1) is 26.0. The van der Waals surface area contributed by atoms with Crippen LogP contribution in [-0.4, -0.2) is 81.1 Å². The van der Waals surface area contributed by atoms with E-state index in [1.807, 2.05) is 6.92 Å². The van der Waals surface area contributed by atoms with E-state index >= 15 is 0 Å². The molecule has 34 heavy (non-hydrogen) atoms. The van der Waals surface area contributed by atoms with Crippen LogP contribution in [0.1, 0.15) is 30.1 Å². The van der Waals surface area contributed by atoms with Crippen LogP contribution in [0.5, 0.6) is 0 Å². The van der Waals surface area contributed by atoms with Gasteiger partial charge in [0.1, 0.15) is 11.5 Å². The Hall–Kier alpha value is -2.57. The van der Waals surface area contributed by atoms with Crippen molar-refractivity contribution in [2.24, 2.45) is 10.9 Å². The molecule has 0 radical (unpaired) electrons. The average molecular weight is 512 g/mol. The predicted octanol–water partition coefficient (Wildman–Crippen LogP) is 1.24. The van der Waals surface area contributed by atoms with Crippen LogP contribution in [0.4, 0.5) is 0 Å². The normalized spacial score (nSPS) is 17.2. The third-order valence-electron chi connectivity index (χ3n) is 5.54. The van der Waals surface area contributed by atoms with Crippen molar-refractivity contribution in [3.63, 3.8) is 0 Å². The number of likely N-dealkylation sites (tertiary alicyclic amines) is 1. The molecule has 0 aliphatic carbocycles. The lowest BCUT2D eigenvalue weighted by atomic mass is 10.0. The van der Waals surface area contributed by atoms with E-state index in [0.717, 1.165) is 29.7 Å². The summed E-state index contributed by atoms with van der Waals surface area (Å²) in [6.07, 6.45) is 1.85. The maximum atomic E-state index is 12.6. The minimum Gasteiger partial charge on any atom is -0.465 e. The lowest BCUT2D eigenvalue weighted by Crippen LogP contribution is -2.42. The summed E-state index contributed by atoms with van der Waals surface area (Å²) >= 11 is 1.15. The molecule has 1 aliphatic heterocycles. The van der Waals surface area contributed by atoms with Crippen LogP contribution >= 0.6 is 11.3 Å². The molecule has 186 valence electrons. The number of aromatic nitrogens is 1. The van der Waals surface area contributed by atoms with Crippen molar-refractivity contribution >= 4 is 49.2 Å². The molecule has 2 heterocycles. The van der Waals surface area contributed by atoms with Gasteiger partial charge in [0.15, 0.2) is 14.6 Å². The number of sulfone groups is 1. The molecule has 12 heteroatoms. The number of ether oxygens (including phenoxy) is 2. The monoisotopic (exact) mass is 511 g/mol. The molecule has 2 amide bonds. The van der Waals surface area contributed by atoms with Crippen molar-refractivity contribution in [3.05, 3.63) is 28.6 Å². The summed E-state index contributed by atoms with van der Waals surface area (Å²) in [6, 6.07) is 4.95. The number of amides is 2. The van der Waals surface area contributed by atoms with Gasteiger partial charge in [-0.15, -0.1) is 0 Å². The summed E-state index contributed by atoms with van der Waals surface area (Å²) in [5, 5.41) is 0. The largest absolute Gasteiger partial charge is 0.465 e. The molecular formula is C22H29N3O7S2. The lowest BCUT2D eigenvalue weighted by molar-refractivity contribution is -0.130. The van der Waals surface area contributed by atoms with Crippen LogP contribution in [0.3, 0.4) is 0 Å². The Morgan fingerprint density at radius 1 is 1.21 bits per heavy atom. The molecule has 1 fully saturated rings. The van der Waals surface area contributed by atoms with Gasteiger partial charge >= 0.3 is 5.97 Å². The highest BCUT2D eigenvalue weighted by Gasteiger charge is 2.27. The third-order valence-corrected chi connectivity index (χ3v) is 7.95. The maximum Gasteiger partial charge on any atom is 0.337 e. The number of hydrogen-bond donors (Lipinski definition) is 0. The number of benzene rings is 1. The molecule has 10 nitrogen and oxygen atoms in total. The fraction of sp³-hybridized carbons (Fsp3) is 0.545. The Balaban J connectivity index is 1.83. The molecule has 1 aromatic heterocycles. The molecule has 1 aromatic carbocycles. The molecule has 1 aliphatic rings. The van der Waals surface area contributed by atoms with Crippen LogP contribution < -0.4 is 4.80 Å². The zero-order valence-electron chi connectivity index (χ0n) is 19.5. The van der Waals surface area contributed by atoms with Crippen molar-refractivity contribution < 1.29 is 32.3 Å². The molecule has 2 aromatic rings. The fourth-order valence-electron chi connectivity index (χ4n) is 3.88. The Bertz CT molecular complexity index is 1250. The number of hydrogen-bond acceptors (Lipinski definition) is 8. The number of carbonyl (C=O) groups excluding carboxylic acids is 3. The van der Waals surface area contributed by atoms with Gasteiger partial charge in [0.2, 0.25) is 5.91 Å². The number of carbonyl (C=O) groups is 3. The topological polar surface area (TPSA) is 124 Å². The summed E-state index contributed by atoms with van der Waals surface area (Å²) in [4.78, 5) is 42.8. The van der Waals surface area contributed by atoms with Gasteiger partial charge in [-0.05, 0) is 37.0 Å². The number of esters is 1. The first-order chi connectivity index (χ1) is 16.1. The van der Waals surface area contributed by atoms with E-state index in [-0.39, 0.29) is 4.80 Å². The van der Waals surface area contributed by atoms with Gasteiger partial charge in [-0.25, -0.2) is 13.2 Å². The molecule has 1 atom stereocenters. The summed E-state index contributed by atoms with van der Waals surface area (Å²) in [6.45, 7) is 3.80. The summed E-state index contributed by atoms with van der Waals surface area (Å²) in [5.41, 5.74) is 1.07. The Kier molecular flexibility index (Phi) is 8.61. The molecule has 1 saturated heterocycles. The smallest absolute Gasteiger partial charge is 0.337 e. The first-order valence-corrected chi connectivity index (χ1v) is 13.5. The van der Waals surface area contributed by atoms with E-state index in [2.05, 4.69) is 4.99 Å². The van der Waals surface area contributed by atoms with Crippen molar-refractivity contribution in [2.75, 3.05) is 45.4 Å². The highest BCUT2D eigenvalue weighted by Crippen LogP contribution is 2.20. The number of nitrogens with zero attached hydrogens (tertiary/aromatic N) is 3. The number of thiazole rings is 1. The summed E-state index contributed by atoms with van der Waals surface area (Å²) < 4.78 is 37.4. The number of rotatable bonds is 8. The second-order valence-electron chi connectivity index (χ2n) is 8.33. The Morgan fingerprint density at radius 3 is 2.65 bits per heavy atom. The van der Waals surface area contributed by atoms with Gasteiger partial charge in [-0.2, -0.15) is 4.99 Å². The molecule has 0 saturated carbocycles. The van der Waals surface area contributed by atoms with Crippen LogP contribution in [-0.2, 0) is 35.4 Å². The van der Waals surface area contributed by atoms with Crippen molar-refractivity contribution in [3.8, 4) is 0 Å².